The number of amides is 1. The molecule has 1 heterocycles. The number of allylic oxidation sites excluding steroid dienone is 2. The van der Waals surface area contributed by atoms with Crippen LogP contribution in [0.25, 0.3) is 10.9 Å². The molecule has 2 atom stereocenters. The Morgan fingerprint density at radius 3 is 2.79 bits per heavy atom. The number of benzene rings is 1. The Morgan fingerprint density at radius 2 is 2.04 bits per heavy atom. The van der Waals surface area contributed by atoms with E-state index in [2.05, 4.69) is 24.1 Å². The Balaban J connectivity index is 1.62. The Morgan fingerprint density at radius 1 is 1.25 bits per heavy atom. The number of nitrogens with zero attached hydrogens (tertiary/aromatic N) is 1. The third-order valence-electron chi connectivity index (χ3n) is 5.62. The Hall–Kier alpha value is -2.49. The molecule has 1 aromatic carbocycles. The van der Waals surface area contributed by atoms with E-state index in [4.69, 9.17) is 0 Å². The van der Waals surface area contributed by atoms with Crippen LogP contribution >= 0.6 is 0 Å². The quantitative estimate of drug-likeness (QED) is 0.942. The third kappa shape index (κ3) is 2.17. The number of ketones is 1. The maximum atomic E-state index is 12.6. The van der Waals surface area contributed by atoms with Crippen molar-refractivity contribution in [1.82, 2.24) is 10.3 Å². The van der Waals surface area contributed by atoms with E-state index in [1.54, 1.807) is 19.2 Å². The van der Waals surface area contributed by atoms with E-state index in [1.807, 2.05) is 24.3 Å². The van der Waals surface area contributed by atoms with E-state index in [0.717, 1.165) is 28.6 Å². The summed E-state index contributed by atoms with van der Waals surface area (Å²) in [6.07, 6.45) is 2.52. The average Bonchev–Trinajstić information content (AvgIpc) is 2.92. The molecule has 2 aromatic rings. The van der Waals surface area contributed by atoms with Gasteiger partial charge in [-0.15, -0.1) is 0 Å². The fraction of sp³-hybridized carbons (Fsp3) is 0.350. The lowest BCUT2D eigenvalue weighted by atomic mass is 9.96. The Bertz CT molecular complexity index is 911. The van der Waals surface area contributed by atoms with E-state index in [0.29, 0.717) is 17.4 Å². The maximum absolute atomic E-state index is 12.6. The molecule has 2 aliphatic carbocycles. The van der Waals surface area contributed by atoms with Crippen molar-refractivity contribution in [1.29, 1.82) is 0 Å². The van der Waals surface area contributed by atoms with Gasteiger partial charge >= 0.3 is 0 Å². The van der Waals surface area contributed by atoms with Gasteiger partial charge in [0.25, 0.3) is 5.91 Å². The van der Waals surface area contributed by atoms with Crippen molar-refractivity contribution in [2.75, 3.05) is 0 Å². The predicted octanol–water partition coefficient (Wildman–Crippen LogP) is 3.48. The largest absolute Gasteiger partial charge is 0.325 e. The van der Waals surface area contributed by atoms with Gasteiger partial charge in [-0.05, 0) is 54.9 Å². The smallest absolute Gasteiger partial charge is 0.255 e. The molecule has 1 N–H and O–H groups in total. The van der Waals surface area contributed by atoms with Crippen LogP contribution in [-0.4, -0.2) is 16.7 Å². The summed E-state index contributed by atoms with van der Waals surface area (Å²) in [5.41, 5.74) is 3.27. The number of hydrogen-bond donors (Lipinski definition) is 1. The van der Waals surface area contributed by atoms with Gasteiger partial charge in [-0.1, -0.05) is 19.9 Å². The van der Waals surface area contributed by atoms with Crippen LogP contribution in [0.4, 0.5) is 0 Å². The molecule has 4 rings (SSSR count). The SMILES string of the molecule is CC(=O)C1=C(NC(=O)c2ccc3ncccc3c2)CC2C1C2(C)C. The summed E-state index contributed by atoms with van der Waals surface area (Å²) in [4.78, 5) is 28.9. The summed E-state index contributed by atoms with van der Waals surface area (Å²) >= 11 is 0. The van der Waals surface area contributed by atoms with E-state index in [9.17, 15) is 9.59 Å². The standard InChI is InChI=1S/C20H20N2O2/c1-11(23)17-16(10-14-18(17)20(14,2)3)22-19(24)13-6-7-15-12(9-13)5-4-8-21-15/h4-9,14,18H,10H2,1-3H3,(H,22,24). The number of carbonyl (C=O) groups is 2. The molecule has 0 radical (unpaired) electrons. The van der Waals surface area contributed by atoms with Crippen LogP contribution in [0.15, 0.2) is 47.8 Å². The fourth-order valence-electron chi connectivity index (χ4n) is 4.19. The molecule has 122 valence electrons. The summed E-state index contributed by atoms with van der Waals surface area (Å²) in [7, 11) is 0. The zero-order valence-corrected chi connectivity index (χ0v) is 14.1. The second-order valence-corrected chi connectivity index (χ2v) is 7.42. The van der Waals surface area contributed by atoms with Crippen molar-refractivity contribution in [3.63, 3.8) is 0 Å². The van der Waals surface area contributed by atoms with Crippen molar-refractivity contribution < 1.29 is 9.59 Å². The normalized spacial score (nSPS) is 24.0. The highest BCUT2D eigenvalue weighted by molar-refractivity contribution is 6.01. The minimum atomic E-state index is -0.159. The van der Waals surface area contributed by atoms with Crippen molar-refractivity contribution in [2.45, 2.75) is 27.2 Å². The number of carbonyl (C=O) groups excluding carboxylic acids is 2. The van der Waals surface area contributed by atoms with Gasteiger partial charge in [0.1, 0.15) is 0 Å². The van der Waals surface area contributed by atoms with Gasteiger partial charge in [0.05, 0.1) is 5.52 Å². The monoisotopic (exact) mass is 320 g/mol. The molecule has 2 aliphatic rings. The lowest BCUT2D eigenvalue weighted by molar-refractivity contribution is -0.114. The average molecular weight is 320 g/mol. The van der Waals surface area contributed by atoms with Gasteiger partial charge in [-0.3, -0.25) is 14.6 Å². The highest BCUT2D eigenvalue weighted by Crippen LogP contribution is 2.68. The number of pyridine rings is 1. The highest BCUT2D eigenvalue weighted by atomic mass is 16.1. The lowest BCUT2D eigenvalue weighted by Gasteiger charge is -2.15. The molecule has 1 aromatic heterocycles. The van der Waals surface area contributed by atoms with Gasteiger partial charge in [0.2, 0.25) is 0 Å². The number of nitrogens with one attached hydrogen (secondary N) is 1. The van der Waals surface area contributed by atoms with Gasteiger partial charge in [-0.25, -0.2) is 0 Å². The maximum Gasteiger partial charge on any atom is 0.255 e. The second-order valence-electron chi connectivity index (χ2n) is 7.42. The Kier molecular flexibility index (Phi) is 3.14. The lowest BCUT2D eigenvalue weighted by Crippen LogP contribution is -2.25. The molecule has 1 saturated carbocycles. The van der Waals surface area contributed by atoms with Crippen LogP contribution in [0.3, 0.4) is 0 Å². The van der Waals surface area contributed by atoms with Gasteiger partial charge in [0.15, 0.2) is 5.78 Å². The van der Waals surface area contributed by atoms with Crippen molar-refractivity contribution in [2.24, 2.45) is 17.3 Å². The molecule has 24 heavy (non-hydrogen) atoms. The summed E-state index contributed by atoms with van der Waals surface area (Å²) in [5, 5.41) is 3.92. The molecule has 0 bridgehead atoms. The first-order valence-corrected chi connectivity index (χ1v) is 8.29. The summed E-state index contributed by atoms with van der Waals surface area (Å²) in [6.45, 7) is 5.99. The first kappa shape index (κ1) is 15.1. The predicted molar refractivity (Wildman–Crippen MR) is 92.3 cm³/mol. The van der Waals surface area contributed by atoms with Crippen LogP contribution in [-0.2, 0) is 4.79 Å². The van der Waals surface area contributed by atoms with Crippen LogP contribution < -0.4 is 5.32 Å². The van der Waals surface area contributed by atoms with E-state index in [1.165, 1.54) is 0 Å². The molecular weight excluding hydrogens is 300 g/mol. The minimum Gasteiger partial charge on any atom is -0.325 e. The fourth-order valence-corrected chi connectivity index (χ4v) is 4.19. The zero-order chi connectivity index (χ0) is 17.1. The molecule has 4 heteroatoms. The van der Waals surface area contributed by atoms with Crippen molar-refractivity contribution in [3.8, 4) is 0 Å². The topological polar surface area (TPSA) is 59.1 Å². The summed E-state index contributed by atoms with van der Waals surface area (Å²) in [5.74, 6) is 0.693. The molecule has 1 amide bonds. The summed E-state index contributed by atoms with van der Waals surface area (Å²) in [6, 6.07) is 9.25. The first-order valence-electron chi connectivity index (χ1n) is 8.29. The number of Topliss-reactive ketones (excluding diaryl/α,β-unsaturated/α-hetero) is 1. The number of hydrogen-bond acceptors (Lipinski definition) is 3. The number of aromatic nitrogens is 1. The zero-order valence-electron chi connectivity index (χ0n) is 14.1. The highest BCUT2D eigenvalue weighted by Gasteiger charge is 2.64. The molecule has 0 spiro atoms. The first-order chi connectivity index (χ1) is 11.4. The molecule has 0 aliphatic heterocycles. The molecular formula is C20H20N2O2. The summed E-state index contributed by atoms with van der Waals surface area (Å²) < 4.78 is 0. The number of rotatable bonds is 3. The van der Waals surface area contributed by atoms with Crippen molar-refractivity contribution >= 4 is 22.6 Å². The molecule has 1 fully saturated rings. The second kappa shape index (κ2) is 5.00. The minimum absolute atomic E-state index is 0.0751. The van der Waals surface area contributed by atoms with Gasteiger partial charge in [-0.2, -0.15) is 0 Å². The van der Waals surface area contributed by atoms with E-state index < -0.39 is 0 Å². The van der Waals surface area contributed by atoms with Crippen LogP contribution in [0.2, 0.25) is 0 Å². The van der Waals surface area contributed by atoms with E-state index >= 15 is 0 Å². The van der Waals surface area contributed by atoms with Crippen LogP contribution in [0, 0.1) is 17.3 Å². The Labute approximate surface area is 141 Å². The van der Waals surface area contributed by atoms with Crippen molar-refractivity contribution in [3.05, 3.63) is 53.4 Å². The van der Waals surface area contributed by atoms with Gasteiger partial charge in [0, 0.05) is 28.4 Å². The molecule has 4 nitrogen and oxygen atoms in total. The third-order valence-corrected chi connectivity index (χ3v) is 5.62. The van der Waals surface area contributed by atoms with Crippen LogP contribution in [0.5, 0.6) is 0 Å². The van der Waals surface area contributed by atoms with Gasteiger partial charge < -0.3 is 5.32 Å². The molecule has 2 unspecified atom stereocenters. The van der Waals surface area contributed by atoms with Crippen LogP contribution in [0.1, 0.15) is 37.6 Å². The molecule has 0 saturated heterocycles. The van der Waals surface area contributed by atoms with E-state index in [-0.39, 0.29) is 17.1 Å². The number of fused-ring (bicyclic) bond motifs is 2.